The summed E-state index contributed by atoms with van der Waals surface area (Å²) in [6, 6.07) is 7.39. The van der Waals surface area contributed by atoms with E-state index in [2.05, 4.69) is 13.8 Å². The molecule has 1 heterocycles. The highest BCUT2D eigenvalue weighted by atomic mass is 32.2. The van der Waals surface area contributed by atoms with Crippen molar-refractivity contribution < 1.29 is 17.9 Å². The minimum absolute atomic E-state index is 0.0831. The fourth-order valence-electron chi connectivity index (χ4n) is 2.98. The number of rotatable bonds is 9. The molecule has 1 aromatic carbocycles. The van der Waals surface area contributed by atoms with Crippen molar-refractivity contribution in [2.45, 2.75) is 45.6 Å². The zero-order chi connectivity index (χ0) is 19.0. The van der Waals surface area contributed by atoms with Crippen LogP contribution in [0.3, 0.4) is 0 Å². The molecule has 1 amide bonds. The summed E-state index contributed by atoms with van der Waals surface area (Å²) < 4.78 is 29.1. The Bertz CT molecular complexity index is 710. The minimum atomic E-state index is -3.01. The SMILES string of the molecule is CCCCN(C(=O)/C=C/c1ccc(OCCC)cc1)C1CCS(=O)(=O)C1. The van der Waals surface area contributed by atoms with Gasteiger partial charge in [-0.05, 0) is 43.0 Å². The maximum Gasteiger partial charge on any atom is 0.246 e. The number of sulfone groups is 1. The van der Waals surface area contributed by atoms with Crippen LogP contribution in [0.15, 0.2) is 30.3 Å². The highest BCUT2D eigenvalue weighted by Gasteiger charge is 2.33. The Hall–Kier alpha value is -1.82. The molecule has 1 saturated heterocycles. The average molecular weight is 380 g/mol. The predicted octanol–water partition coefficient (Wildman–Crippen LogP) is 3.30. The molecule has 2 rings (SSSR count). The molecule has 1 aliphatic heterocycles. The molecule has 0 N–H and O–H groups in total. The van der Waals surface area contributed by atoms with Gasteiger partial charge in [0, 0.05) is 18.7 Å². The van der Waals surface area contributed by atoms with E-state index < -0.39 is 9.84 Å². The molecule has 144 valence electrons. The first kappa shape index (κ1) is 20.5. The lowest BCUT2D eigenvalue weighted by Crippen LogP contribution is -2.40. The summed E-state index contributed by atoms with van der Waals surface area (Å²) in [5, 5.41) is 0. The van der Waals surface area contributed by atoms with Gasteiger partial charge in [-0.2, -0.15) is 0 Å². The van der Waals surface area contributed by atoms with Crippen molar-refractivity contribution in [3.63, 3.8) is 0 Å². The molecule has 1 aromatic rings. The van der Waals surface area contributed by atoms with E-state index in [4.69, 9.17) is 4.74 Å². The number of amides is 1. The second kappa shape index (κ2) is 9.76. The van der Waals surface area contributed by atoms with Crippen molar-refractivity contribution in [2.24, 2.45) is 0 Å². The average Bonchev–Trinajstić information content (AvgIpc) is 2.99. The van der Waals surface area contributed by atoms with E-state index in [1.165, 1.54) is 0 Å². The van der Waals surface area contributed by atoms with Gasteiger partial charge < -0.3 is 9.64 Å². The Labute approximate surface area is 157 Å². The number of nitrogens with zero attached hydrogens (tertiary/aromatic N) is 1. The molecule has 0 spiro atoms. The van der Waals surface area contributed by atoms with Gasteiger partial charge >= 0.3 is 0 Å². The number of carbonyl (C=O) groups excluding carboxylic acids is 1. The van der Waals surface area contributed by atoms with Gasteiger partial charge in [0.2, 0.25) is 5.91 Å². The summed E-state index contributed by atoms with van der Waals surface area (Å²) in [5.74, 6) is 0.957. The van der Waals surface area contributed by atoms with E-state index in [0.717, 1.165) is 30.6 Å². The Kier molecular flexibility index (Phi) is 7.69. The molecule has 1 atom stereocenters. The predicted molar refractivity (Wildman–Crippen MR) is 105 cm³/mol. The summed E-state index contributed by atoms with van der Waals surface area (Å²) in [5.41, 5.74) is 0.914. The molecule has 6 heteroatoms. The van der Waals surface area contributed by atoms with E-state index >= 15 is 0 Å². The van der Waals surface area contributed by atoms with Crippen LogP contribution >= 0.6 is 0 Å². The fourth-order valence-corrected chi connectivity index (χ4v) is 4.71. The van der Waals surface area contributed by atoms with E-state index in [9.17, 15) is 13.2 Å². The minimum Gasteiger partial charge on any atom is -0.494 e. The van der Waals surface area contributed by atoms with Crippen LogP contribution in [0.2, 0.25) is 0 Å². The Morgan fingerprint density at radius 3 is 2.54 bits per heavy atom. The van der Waals surface area contributed by atoms with Crippen LogP contribution in [-0.4, -0.2) is 49.9 Å². The highest BCUT2D eigenvalue weighted by molar-refractivity contribution is 7.91. The largest absolute Gasteiger partial charge is 0.494 e. The van der Waals surface area contributed by atoms with E-state index in [1.54, 1.807) is 17.1 Å². The molecule has 26 heavy (non-hydrogen) atoms. The third-order valence-electron chi connectivity index (χ3n) is 4.46. The Balaban J connectivity index is 2.02. The lowest BCUT2D eigenvalue weighted by Gasteiger charge is -2.27. The highest BCUT2D eigenvalue weighted by Crippen LogP contribution is 2.19. The maximum atomic E-state index is 12.6. The smallest absolute Gasteiger partial charge is 0.246 e. The molecule has 1 fully saturated rings. The topological polar surface area (TPSA) is 63.7 Å². The van der Waals surface area contributed by atoms with Gasteiger partial charge in [-0.15, -0.1) is 0 Å². The molecular formula is C20H29NO4S. The number of hydrogen-bond acceptors (Lipinski definition) is 4. The zero-order valence-electron chi connectivity index (χ0n) is 15.7. The number of hydrogen-bond donors (Lipinski definition) is 0. The van der Waals surface area contributed by atoms with Gasteiger partial charge in [0.1, 0.15) is 5.75 Å². The summed E-state index contributed by atoms with van der Waals surface area (Å²) >= 11 is 0. The van der Waals surface area contributed by atoms with E-state index in [1.807, 2.05) is 24.3 Å². The normalized spacial score (nSPS) is 18.9. The quantitative estimate of drug-likeness (QED) is 0.618. The van der Waals surface area contributed by atoms with Gasteiger partial charge in [-0.1, -0.05) is 32.4 Å². The zero-order valence-corrected chi connectivity index (χ0v) is 16.5. The monoisotopic (exact) mass is 379 g/mol. The Morgan fingerprint density at radius 2 is 1.96 bits per heavy atom. The van der Waals surface area contributed by atoms with E-state index in [-0.39, 0.29) is 23.5 Å². The summed E-state index contributed by atoms with van der Waals surface area (Å²) in [4.78, 5) is 14.4. The third kappa shape index (κ3) is 6.16. The molecule has 0 saturated carbocycles. The second-order valence-corrected chi connectivity index (χ2v) is 8.92. The molecule has 1 unspecified atom stereocenters. The molecule has 1 aliphatic rings. The van der Waals surface area contributed by atoms with Crippen LogP contribution in [0.25, 0.3) is 6.08 Å². The molecular weight excluding hydrogens is 350 g/mol. The van der Waals surface area contributed by atoms with Crippen molar-refractivity contribution in [1.82, 2.24) is 4.90 Å². The summed E-state index contributed by atoms with van der Waals surface area (Å²) in [7, 11) is -3.01. The van der Waals surface area contributed by atoms with Gasteiger partial charge in [0.05, 0.1) is 18.1 Å². The van der Waals surface area contributed by atoms with Crippen molar-refractivity contribution in [1.29, 1.82) is 0 Å². The fraction of sp³-hybridized carbons (Fsp3) is 0.550. The standard InChI is InChI=1S/C20H29NO4S/c1-3-5-13-21(18-12-15-26(23,24)16-18)20(22)11-8-17-6-9-19(10-7-17)25-14-4-2/h6-11,18H,3-5,12-16H2,1-2H3/b11-8+. The van der Waals surface area contributed by atoms with Crippen LogP contribution in [0.1, 0.15) is 45.1 Å². The molecule has 0 aliphatic carbocycles. The summed E-state index contributed by atoms with van der Waals surface area (Å²) in [6.07, 6.45) is 6.65. The number of unbranched alkanes of at least 4 members (excludes halogenated alkanes) is 1. The molecule has 0 bridgehead atoms. The molecule has 0 aromatic heterocycles. The maximum absolute atomic E-state index is 12.6. The van der Waals surface area contributed by atoms with Gasteiger partial charge in [0.15, 0.2) is 9.84 Å². The van der Waals surface area contributed by atoms with Crippen LogP contribution in [0, 0.1) is 0 Å². The lowest BCUT2D eigenvalue weighted by atomic mass is 10.1. The van der Waals surface area contributed by atoms with Crippen molar-refractivity contribution >= 4 is 21.8 Å². The first-order valence-corrected chi connectivity index (χ1v) is 11.2. The second-order valence-electron chi connectivity index (χ2n) is 6.69. The third-order valence-corrected chi connectivity index (χ3v) is 6.21. The van der Waals surface area contributed by atoms with Gasteiger partial charge in [-0.3, -0.25) is 4.79 Å². The van der Waals surface area contributed by atoms with Crippen molar-refractivity contribution in [2.75, 3.05) is 24.7 Å². The first-order chi connectivity index (χ1) is 12.4. The van der Waals surface area contributed by atoms with Crippen molar-refractivity contribution in [3.8, 4) is 5.75 Å². The van der Waals surface area contributed by atoms with Crippen molar-refractivity contribution in [3.05, 3.63) is 35.9 Å². The van der Waals surface area contributed by atoms with Crippen LogP contribution in [-0.2, 0) is 14.6 Å². The van der Waals surface area contributed by atoms with Gasteiger partial charge in [0.25, 0.3) is 0 Å². The number of ether oxygens (including phenoxy) is 1. The van der Waals surface area contributed by atoms with Crippen LogP contribution in [0.4, 0.5) is 0 Å². The van der Waals surface area contributed by atoms with Crippen LogP contribution < -0.4 is 4.74 Å². The molecule has 0 radical (unpaired) electrons. The van der Waals surface area contributed by atoms with E-state index in [0.29, 0.717) is 19.6 Å². The van der Waals surface area contributed by atoms with Gasteiger partial charge in [-0.25, -0.2) is 8.42 Å². The number of benzene rings is 1. The first-order valence-electron chi connectivity index (χ1n) is 9.37. The number of carbonyl (C=O) groups is 1. The van der Waals surface area contributed by atoms with Crippen LogP contribution in [0.5, 0.6) is 5.75 Å². The summed E-state index contributed by atoms with van der Waals surface area (Å²) in [6.45, 7) is 5.41. The molecule has 5 nitrogen and oxygen atoms in total. The lowest BCUT2D eigenvalue weighted by molar-refractivity contribution is -0.127. The Morgan fingerprint density at radius 1 is 1.23 bits per heavy atom.